The summed E-state index contributed by atoms with van der Waals surface area (Å²) in [6.45, 7) is 12.2. The van der Waals surface area contributed by atoms with Crippen LogP contribution < -0.4 is 0 Å². The van der Waals surface area contributed by atoms with E-state index in [1.54, 1.807) is 0 Å². The number of hydrogen-bond donors (Lipinski definition) is 0. The molecule has 0 rings (SSSR count). The van der Waals surface area contributed by atoms with E-state index in [1.165, 1.54) is 5.71 Å². The van der Waals surface area contributed by atoms with Crippen LogP contribution in [0.5, 0.6) is 0 Å². The van der Waals surface area contributed by atoms with Crippen molar-refractivity contribution < 1.29 is 4.43 Å². The van der Waals surface area contributed by atoms with Crippen molar-refractivity contribution in [2.45, 2.75) is 53.1 Å². The molecule has 0 spiro atoms. The van der Waals surface area contributed by atoms with Crippen LogP contribution in [0.15, 0.2) is 4.99 Å². The lowest BCUT2D eigenvalue weighted by molar-refractivity contribution is 0.338. The Labute approximate surface area is 106 Å². The van der Waals surface area contributed by atoms with Crippen LogP contribution in [0.25, 0.3) is 0 Å². The van der Waals surface area contributed by atoms with Crippen molar-refractivity contribution in [1.82, 2.24) is 0 Å². The van der Waals surface area contributed by atoms with Crippen molar-refractivity contribution in [2.24, 2.45) is 10.9 Å². The Kier molecular flexibility index (Phi) is 8.33. The molecule has 1 atom stereocenters. The third kappa shape index (κ3) is 9.37. The van der Waals surface area contributed by atoms with Crippen molar-refractivity contribution in [3.8, 4) is 0 Å². The van der Waals surface area contributed by atoms with Gasteiger partial charge in [-0.3, -0.25) is 4.99 Å². The van der Waals surface area contributed by atoms with Gasteiger partial charge in [-0.1, -0.05) is 13.8 Å². The lowest BCUT2D eigenvalue weighted by Gasteiger charge is -2.18. The molecule has 0 aromatic rings. The molecule has 1 unspecified atom stereocenters. The van der Waals surface area contributed by atoms with Crippen LogP contribution in [0.3, 0.4) is 0 Å². The minimum Gasteiger partial charge on any atom is -0.403 e. The fourth-order valence-corrected chi connectivity index (χ4v) is 3.96. The van der Waals surface area contributed by atoms with Gasteiger partial charge < -0.3 is 4.43 Å². The van der Waals surface area contributed by atoms with Gasteiger partial charge in [0.2, 0.25) is 0 Å². The van der Waals surface area contributed by atoms with E-state index in [0.29, 0.717) is 5.92 Å². The predicted octanol–water partition coefficient (Wildman–Crippen LogP) is 4.23. The highest BCUT2D eigenvalue weighted by Gasteiger charge is 2.24. The minimum absolute atomic E-state index is 0.694. The number of hydrogen-bond acceptors (Lipinski definition) is 2. The molecule has 0 aliphatic carbocycles. The van der Waals surface area contributed by atoms with E-state index in [2.05, 4.69) is 32.3 Å². The van der Waals surface area contributed by atoms with E-state index < -0.39 is 7.63 Å². The molecule has 0 aromatic carbocycles. The van der Waals surface area contributed by atoms with E-state index >= 15 is 0 Å². The van der Waals surface area contributed by atoms with Gasteiger partial charge in [-0.2, -0.15) is 0 Å². The molecule has 96 valence electrons. The molecule has 0 aliphatic heterocycles. The van der Waals surface area contributed by atoms with Crippen LogP contribution in [0, 0.1) is 5.92 Å². The quantitative estimate of drug-likeness (QED) is 0.278. The molecule has 0 radical (unpaired) electrons. The SMILES string of the molecule is CCO[Si](C)(Cl)CCCN=C(C)CC(C)C. The summed E-state index contributed by atoms with van der Waals surface area (Å²) in [6.07, 6.45) is 2.14. The Morgan fingerprint density at radius 3 is 2.56 bits per heavy atom. The topological polar surface area (TPSA) is 21.6 Å². The second-order valence-corrected chi connectivity index (χ2v) is 10.2. The van der Waals surface area contributed by atoms with Gasteiger partial charge in [0.25, 0.3) is 7.63 Å². The molecule has 0 heterocycles. The van der Waals surface area contributed by atoms with Crippen molar-refractivity contribution in [3.63, 3.8) is 0 Å². The molecule has 16 heavy (non-hydrogen) atoms. The number of halogens is 1. The molecule has 0 saturated heterocycles. The van der Waals surface area contributed by atoms with Gasteiger partial charge >= 0.3 is 0 Å². The Balaban J connectivity index is 3.74. The smallest absolute Gasteiger partial charge is 0.287 e. The fourth-order valence-electron chi connectivity index (χ4n) is 1.69. The summed E-state index contributed by atoms with van der Waals surface area (Å²) in [6, 6.07) is 0.987. The van der Waals surface area contributed by atoms with E-state index in [9.17, 15) is 0 Å². The molecule has 0 bridgehead atoms. The monoisotopic (exact) mass is 263 g/mol. The molecule has 4 heteroatoms. The zero-order valence-corrected chi connectivity index (χ0v) is 13.1. The summed E-state index contributed by atoms with van der Waals surface area (Å²) in [5, 5.41) is 0. The average molecular weight is 264 g/mol. The van der Waals surface area contributed by atoms with Crippen molar-refractivity contribution in [2.75, 3.05) is 13.2 Å². The Morgan fingerprint density at radius 2 is 2.06 bits per heavy atom. The fraction of sp³-hybridized carbons (Fsp3) is 0.917. The average Bonchev–Trinajstić information content (AvgIpc) is 2.11. The normalized spacial score (nSPS) is 16.6. The lowest BCUT2D eigenvalue weighted by atomic mass is 10.1. The first kappa shape index (κ1) is 16.1. The van der Waals surface area contributed by atoms with Crippen LogP contribution in [-0.2, 0) is 4.43 Å². The van der Waals surface area contributed by atoms with Crippen LogP contribution in [0.4, 0.5) is 0 Å². The van der Waals surface area contributed by atoms with Gasteiger partial charge in [-0.05, 0) is 45.2 Å². The molecule has 2 nitrogen and oxygen atoms in total. The maximum absolute atomic E-state index is 6.30. The Bertz CT molecular complexity index is 217. The van der Waals surface area contributed by atoms with Gasteiger partial charge in [-0.15, -0.1) is 11.1 Å². The lowest BCUT2D eigenvalue weighted by Crippen LogP contribution is -2.27. The molecule has 0 saturated carbocycles. The Morgan fingerprint density at radius 1 is 1.44 bits per heavy atom. The summed E-state index contributed by atoms with van der Waals surface area (Å²) >= 11 is 6.30. The largest absolute Gasteiger partial charge is 0.403 e. The maximum atomic E-state index is 6.30. The van der Waals surface area contributed by atoms with Gasteiger partial charge in [-0.25, -0.2) is 0 Å². The second-order valence-electron chi connectivity index (χ2n) is 4.85. The highest BCUT2D eigenvalue weighted by atomic mass is 35.6. The summed E-state index contributed by atoms with van der Waals surface area (Å²) < 4.78 is 5.56. The number of aliphatic imine (C=N–C) groups is 1. The molecular weight excluding hydrogens is 238 g/mol. The van der Waals surface area contributed by atoms with Crippen LogP contribution in [-0.4, -0.2) is 26.5 Å². The van der Waals surface area contributed by atoms with E-state index in [4.69, 9.17) is 15.5 Å². The first-order valence-corrected chi connectivity index (χ1v) is 9.83. The predicted molar refractivity (Wildman–Crippen MR) is 76.0 cm³/mol. The first-order valence-electron chi connectivity index (χ1n) is 6.20. The Hall–Kier alpha value is 0.137. The second kappa shape index (κ2) is 8.26. The van der Waals surface area contributed by atoms with Gasteiger partial charge in [0, 0.05) is 18.9 Å². The summed E-state index contributed by atoms with van der Waals surface area (Å²) in [5.41, 5.74) is 1.25. The van der Waals surface area contributed by atoms with E-state index in [0.717, 1.165) is 32.0 Å². The highest BCUT2D eigenvalue weighted by Crippen LogP contribution is 2.18. The van der Waals surface area contributed by atoms with Crippen molar-refractivity contribution in [1.29, 1.82) is 0 Å². The van der Waals surface area contributed by atoms with Crippen molar-refractivity contribution >= 4 is 24.4 Å². The van der Waals surface area contributed by atoms with Gasteiger partial charge in [0.15, 0.2) is 0 Å². The molecule has 0 aliphatic rings. The summed E-state index contributed by atoms with van der Waals surface area (Å²) in [4.78, 5) is 4.55. The number of nitrogens with zero attached hydrogens (tertiary/aromatic N) is 1. The maximum Gasteiger partial charge on any atom is 0.287 e. The third-order valence-electron chi connectivity index (χ3n) is 2.31. The van der Waals surface area contributed by atoms with Gasteiger partial charge in [0.1, 0.15) is 0 Å². The van der Waals surface area contributed by atoms with Crippen molar-refractivity contribution in [3.05, 3.63) is 0 Å². The minimum atomic E-state index is -1.90. The zero-order chi connectivity index (χ0) is 12.6. The summed E-state index contributed by atoms with van der Waals surface area (Å²) in [7, 11) is -1.90. The third-order valence-corrected chi connectivity index (χ3v) is 5.34. The first-order chi connectivity index (χ1) is 7.37. The van der Waals surface area contributed by atoms with Crippen LogP contribution in [0.1, 0.15) is 40.5 Å². The standard InChI is InChI=1S/C12H26ClNOSi/c1-6-15-16(5,13)9-7-8-14-12(4)10-11(2)3/h11H,6-10H2,1-5H3. The molecular formula is C12H26ClNOSi. The molecule has 0 N–H and O–H groups in total. The molecule has 0 aromatic heterocycles. The number of rotatable bonds is 8. The van der Waals surface area contributed by atoms with Gasteiger partial charge in [0.05, 0.1) is 0 Å². The molecule has 0 fully saturated rings. The van der Waals surface area contributed by atoms with Crippen LogP contribution in [0.2, 0.25) is 12.6 Å². The highest BCUT2D eigenvalue weighted by molar-refractivity contribution is 7.16. The van der Waals surface area contributed by atoms with Crippen LogP contribution >= 0.6 is 11.1 Å². The summed E-state index contributed by atoms with van der Waals surface area (Å²) in [5.74, 6) is 0.694. The zero-order valence-electron chi connectivity index (χ0n) is 11.3. The van der Waals surface area contributed by atoms with E-state index in [-0.39, 0.29) is 0 Å². The van der Waals surface area contributed by atoms with E-state index in [1.807, 2.05) is 6.92 Å². The molecule has 0 amide bonds.